The Morgan fingerprint density at radius 3 is 1.53 bits per heavy atom. The van der Waals surface area contributed by atoms with E-state index in [1.807, 2.05) is 36.4 Å². The molecule has 0 aliphatic carbocycles. The van der Waals surface area contributed by atoms with E-state index in [0.717, 1.165) is 18.1 Å². The van der Waals surface area contributed by atoms with Crippen LogP contribution in [0.15, 0.2) is 115 Å². The Morgan fingerprint density at radius 1 is 0.633 bits per heavy atom. The third-order valence-corrected chi connectivity index (χ3v) is 13.2. The van der Waals surface area contributed by atoms with Gasteiger partial charge in [0, 0.05) is 0 Å². The predicted molar refractivity (Wildman–Crippen MR) is 131 cm³/mol. The third kappa shape index (κ3) is 3.54. The van der Waals surface area contributed by atoms with E-state index in [-0.39, 0.29) is 0 Å². The van der Waals surface area contributed by atoms with Gasteiger partial charge in [-0.25, -0.2) is 0 Å². The number of hydrogen-bond donors (Lipinski definition) is 0. The Bertz CT molecular complexity index is 1070. The van der Waals surface area contributed by atoms with Crippen molar-refractivity contribution in [3.63, 3.8) is 0 Å². The van der Waals surface area contributed by atoms with Gasteiger partial charge in [-0.2, -0.15) is 0 Å². The normalized spacial score (nSPS) is 12.5. The van der Waals surface area contributed by atoms with Crippen LogP contribution >= 0.6 is 17.2 Å². The Labute approximate surface area is 183 Å². The van der Waals surface area contributed by atoms with Crippen molar-refractivity contribution in [1.82, 2.24) is 0 Å². The standard InChI is InChI=1S/C27H23ClNP/c28-30(25-13-4-1-5-14-25,26-15-6-2-7-16-26,27-17-8-3-9-18-27)20-19-23-11-10-12-24(21-23)22-29/h1-18,21H,19-20H2. The summed E-state index contributed by atoms with van der Waals surface area (Å²) in [6.07, 6.45) is 1.57. The Hall–Kier alpha value is -2.91. The van der Waals surface area contributed by atoms with Crippen LogP contribution in [-0.4, -0.2) is 6.16 Å². The quantitative estimate of drug-likeness (QED) is 0.357. The predicted octanol–water partition coefficient (Wildman–Crippen LogP) is 5.78. The first-order valence-electron chi connectivity index (χ1n) is 10.0. The van der Waals surface area contributed by atoms with E-state index in [1.165, 1.54) is 15.9 Å². The minimum atomic E-state index is -3.26. The van der Waals surface area contributed by atoms with E-state index in [9.17, 15) is 5.26 Å². The van der Waals surface area contributed by atoms with Gasteiger partial charge in [0.05, 0.1) is 0 Å². The minimum absolute atomic E-state index is 0.682. The maximum atomic E-state index is 9.31. The molecule has 0 radical (unpaired) electrons. The first kappa shape index (κ1) is 20.4. The molecule has 0 spiro atoms. The molecule has 0 heterocycles. The third-order valence-electron chi connectivity index (χ3n) is 5.76. The van der Waals surface area contributed by atoms with Crippen molar-refractivity contribution in [1.29, 1.82) is 5.26 Å². The summed E-state index contributed by atoms with van der Waals surface area (Å²) in [6, 6.07) is 41.6. The van der Waals surface area contributed by atoms with E-state index in [0.29, 0.717) is 5.56 Å². The number of benzene rings is 4. The molecule has 4 aromatic carbocycles. The zero-order chi connectivity index (χ0) is 20.9. The van der Waals surface area contributed by atoms with Crippen LogP contribution in [0.25, 0.3) is 0 Å². The molecule has 0 saturated carbocycles. The molecule has 0 saturated heterocycles. The fraction of sp³-hybridized carbons (Fsp3) is 0.0741. The number of aryl methyl sites for hydroxylation is 1. The van der Waals surface area contributed by atoms with Gasteiger partial charge in [0.1, 0.15) is 0 Å². The van der Waals surface area contributed by atoms with Gasteiger partial charge in [-0.3, -0.25) is 0 Å². The van der Waals surface area contributed by atoms with Crippen molar-refractivity contribution < 1.29 is 0 Å². The van der Waals surface area contributed by atoms with Gasteiger partial charge in [0.25, 0.3) is 0 Å². The molecule has 0 atom stereocenters. The number of halogens is 1. The molecule has 0 unspecified atom stereocenters. The summed E-state index contributed by atoms with van der Waals surface area (Å²) in [6.45, 7) is 0. The molecule has 30 heavy (non-hydrogen) atoms. The van der Waals surface area contributed by atoms with Gasteiger partial charge in [0.2, 0.25) is 0 Å². The molecule has 1 nitrogen and oxygen atoms in total. The van der Waals surface area contributed by atoms with Gasteiger partial charge in [0.15, 0.2) is 0 Å². The Kier molecular flexibility index (Phi) is 5.74. The second-order valence-corrected chi connectivity index (χ2v) is 14.1. The first-order valence-corrected chi connectivity index (χ1v) is 13.4. The van der Waals surface area contributed by atoms with Crippen molar-refractivity contribution in [3.8, 4) is 6.07 Å². The summed E-state index contributed by atoms with van der Waals surface area (Å²) >= 11 is 8.06. The van der Waals surface area contributed by atoms with Crippen molar-refractivity contribution in [3.05, 3.63) is 126 Å². The Balaban J connectivity index is 1.95. The van der Waals surface area contributed by atoms with Gasteiger partial charge < -0.3 is 0 Å². The summed E-state index contributed by atoms with van der Waals surface area (Å²) in [5, 5.41) is 12.8. The number of rotatable bonds is 6. The Morgan fingerprint density at radius 2 is 1.10 bits per heavy atom. The molecule has 0 amide bonds. The van der Waals surface area contributed by atoms with E-state index in [4.69, 9.17) is 11.2 Å². The maximum absolute atomic E-state index is 9.31. The molecular formula is C27H23ClNP. The van der Waals surface area contributed by atoms with Crippen LogP contribution in [0.1, 0.15) is 11.1 Å². The molecular weight excluding hydrogens is 405 g/mol. The molecule has 0 aliphatic heterocycles. The van der Waals surface area contributed by atoms with Crippen molar-refractivity contribution in [2.45, 2.75) is 6.42 Å². The zero-order valence-electron chi connectivity index (χ0n) is 16.7. The molecule has 0 N–H and O–H groups in total. The number of nitrogens with zero attached hydrogens (tertiary/aromatic N) is 1. The van der Waals surface area contributed by atoms with Crippen molar-refractivity contribution >= 4 is 33.1 Å². The number of hydrogen-bond acceptors (Lipinski definition) is 1. The van der Waals surface area contributed by atoms with Crippen LogP contribution in [0.4, 0.5) is 0 Å². The molecule has 0 fully saturated rings. The molecule has 148 valence electrons. The summed E-state index contributed by atoms with van der Waals surface area (Å²) in [7, 11) is 0. The number of nitriles is 1. The molecule has 0 aliphatic rings. The van der Waals surface area contributed by atoms with Crippen molar-refractivity contribution in [2.24, 2.45) is 0 Å². The van der Waals surface area contributed by atoms with E-state index < -0.39 is 5.96 Å². The second-order valence-electron chi connectivity index (χ2n) is 7.48. The average molecular weight is 428 g/mol. The first-order chi connectivity index (χ1) is 14.6. The molecule has 3 heteroatoms. The van der Waals surface area contributed by atoms with Crippen LogP contribution in [0.2, 0.25) is 0 Å². The average Bonchev–Trinajstić information content (AvgIpc) is 2.84. The van der Waals surface area contributed by atoms with Gasteiger partial charge in [-0.05, 0) is 0 Å². The fourth-order valence-electron chi connectivity index (χ4n) is 4.19. The van der Waals surface area contributed by atoms with Gasteiger partial charge in [-0.15, -0.1) is 0 Å². The summed E-state index contributed by atoms with van der Waals surface area (Å²) in [4.78, 5) is 0. The van der Waals surface area contributed by atoms with Crippen LogP contribution in [0.5, 0.6) is 0 Å². The van der Waals surface area contributed by atoms with Gasteiger partial charge in [-0.1, -0.05) is 0 Å². The monoisotopic (exact) mass is 427 g/mol. The van der Waals surface area contributed by atoms with Gasteiger partial charge >= 0.3 is 183 Å². The van der Waals surface area contributed by atoms with E-state index >= 15 is 0 Å². The van der Waals surface area contributed by atoms with Crippen LogP contribution < -0.4 is 15.9 Å². The summed E-state index contributed by atoms with van der Waals surface area (Å²) in [5.74, 6) is -3.26. The van der Waals surface area contributed by atoms with E-state index in [1.54, 1.807) is 0 Å². The van der Waals surface area contributed by atoms with Crippen LogP contribution in [-0.2, 0) is 6.42 Å². The molecule has 0 bridgehead atoms. The van der Waals surface area contributed by atoms with Crippen LogP contribution in [0.3, 0.4) is 0 Å². The molecule has 0 aromatic heterocycles. The van der Waals surface area contributed by atoms with Crippen LogP contribution in [0, 0.1) is 11.3 Å². The van der Waals surface area contributed by atoms with Crippen molar-refractivity contribution in [2.75, 3.05) is 6.16 Å². The summed E-state index contributed by atoms with van der Waals surface area (Å²) < 4.78 is 0. The van der Waals surface area contributed by atoms with E-state index in [2.05, 4.69) is 84.9 Å². The summed E-state index contributed by atoms with van der Waals surface area (Å²) in [5.41, 5.74) is 1.81. The molecule has 4 aromatic rings. The fourth-order valence-corrected chi connectivity index (χ4v) is 10.2. The zero-order valence-corrected chi connectivity index (χ0v) is 18.3. The second kappa shape index (κ2) is 8.45. The molecule has 4 rings (SSSR count). The topological polar surface area (TPSA) is 23.8 Å². The SMILES string of the molecule is N#Cc1cccc(CCP(Cl)(c2ccccc2)(c2ccccc2)c2ccccc2)c1.